The number of benzene rings is 2. The van der Waals surface area contributed by atoms with Crippen molar-refractivity contribution >= 4 is 34.6 Å². The van der Waals surface area contributed by atoms with E-state index in [-0.39, 0.29) is 22.4 Å². The first-order valence-corrected chi connectivity index (χ1v) is 6.80. The Morgan fingerprint density at radius 3 is 2.52 bits per heavy atom. The van der Waals surface area contributed by atoms with Gasteiger partial charge in [-0.15, -0.1) is 0 Å². The zero-order valence-electron chi connectivity index (χ0n) is 10.9. The molecule has 2 rings (SSSR count). The van der Waals surface area contributed by atoms with Gasteiger partial charge in [-0.1, -0.05) is 41.4 Å². The van der Waals surface area contributed by atoms with E-state index >= 15 is 0 Å². The van der Waals surface area contributed by atoms with Gasteiger partial charge >= 0.3 is 0 Å². The van der Waals surface area contributed by atoms with Gasteiger partial charge in [0.25, 0.3) is 5.69 Å². The van der Waals surface area contributed by atoms with Crippen molar-refractivity contribution in [2.24, 2.45) is 0 Å². The van der Waals surface area contributed by atoms with Crippen LogP contribution in [0.1, 0.15) is 18.5 Å². The third kappa shape index (κ3) is 3.43. The molecule has 0 aliphatic heterocycles. The van der Waals surface area contributed by atoms with Gasteiger partial charge in [0, 0.05) is 17.2 Å². The molecule has 0 saturated heterocycles. The third-order valence-corrected chi connectivity index (χ3v) is 3.61. The number of hydrogen-bond donors (Lipinski definition) is 1. The smallest absolute Gasteiger partial charge is 0.294 e. The van der Waals surface area contributed by atoms with Crippen molar-refractivity contribution in [2.45, 2.75) is 13.0 Å². The summed E-state index contributed by atoms with van der Waals surface area (Å²) in [6.07, 6.45) is 0. The third-order valence-electron chi connectivity index (χ3n) is 2.98. The van der Waals surface area contributed by atoms with Gasteiger partial charge in [-0.3, -0.25) is 10.1 Å². The van der Waals surface area contributed by atoms with Crippen LogP contribution in [-0.4, -0.2) is 4.92 Å². The maximum Gasteiger partial charge on any atom is 0.294 e. The highest BCUT2D eigenvalue weighted by Gasteiger charge is 2.20. The average Bonchev–Trinajstić information content (AvgIpc) is 2.42. The van der Waals surface area contributed by atoms with Gasteiger partial charge in [-0.2, -0.15) is 0 Å². The second-order valence-corrected chi connectivity index (χ2v) is 5.24. The van der Waals surface area contributed by atoms with Gasteiger partial charge in [-0.25, -0.2) is 4.39 Å². The van der Waals surface area contributed by atoms with Crippen molar-refractivity contribution in [1.29, 1.82) is 0 Å². The number of halogens is 3. The molecule has 4 nitrogen and oxygen atoms in total. The summed E-state index contributed by atoms with van der Waals surface area (Å²) >= 11 is 11.7. The predicted molar refractivity (Wildman–Crippen MR) is 81.6 cm³/mol. The van der Waals surface area contributed by atoms with E-state index in [1.54, 1.807) is 31.2 Å². The molecule has 2 aromatic carbocycles. The molecular weight excluding hydrogens is 318 g/mol. The summed E-state index contributed by atoms with van der Waals surface area (Å²) < 4.78 is 13.5. The number of nitro benzene ring substituents is 1. The minimum absolute atomic E-state index is 0.0503. The van der Waals surface area contributed by atoms with Gasteiger partial charge in [0.2, 0.25) is 0 Å². The molecule has 0 fully saturated rings. The largest absolute Gasteiger partial charge is 0.373 e. The topological polar surface area (TPSA) is 55.2 Å². The van der Waals surface area contributed by atoms with Crippen molar-refractivity contribution < 1.29 is 9.31 Å². The zero-order chi connectivity index (χ0) is 15.6. The van der Waals surface area contributed by atoms with Gasteiger partial charge in [0.05, 0.1) is 16.0 Å². The predicted octanol–water partition coefficient (Wildman–Crippen LogP) is 5.21. The summed E-state index contributed by atoms with van der Waals surface area (Å²) in [6, 6.07) is 8.74. The maximum absolute atomic E-state index is 13.5. The van der Waals surface area contributed by atoms with Gasteiger partial charge in [-0.05, 0) is 18.6 Å². The molecule has 0 aliphatic carbocycles. The number of rotatable bonds is 4. The molecule has 0 heterocycles. The van der Waals surface area contributed by atoms with E-state index in [2.05, 4.69) is 5.32 Å². The van der Waals surface area contributed by atoms with Crippen LogP contribution in [0.5, 0.6) is 0 Å². The monoisotopic (exact) mass is 328 g/mol. The lowest BCUT2D eigenvalue weighted by Crippen LogP contribution is -2.09. The molecule has 0 bridgehead atoms. The first-order chi connectivity index (χ1) is 9.90. The van der Waals surface area contributed by atoms with Crippen LogP contribution >= 0.6 is 23.2 Å². The fraction of sp³-hybridized carbons (Fsp3) is 0.143. The van der Waals surface area contributed by atoms with Gasteiger partial charge in [0.1, 0.15) is 11.5 Å². The molecule has 1 N–H and O–H groups in total. The molecule has 0 spiro atoms. The molecule has 1 unspecified atom stereocenters. The summed E-state index contributed by atoms with van der Waals surface area (Å²) in [5.41, 5.74) is 0.512. The van der Waals surface area contributed by atoms with Crippen molar-refractivity contribution in [2.75, 3.05) is 5.32 Å². The van der Waals surface area contributed by atoms with Crippen molar-refractivity contribution in [3.63, 3.8) is 0 Å². The Bertz CT molecular complexity index is 695. The molecule has 110 valence electrons. The van der Waals surface area contributed by atoms with E-state index in [0.717, 1.165) is 17.7 Å². The summed E-state index contributed by atoms with van der Waals surface area (Å²) in [6.45, 7) is 1.78. The van der Waals surface area contributed by atoms with E-state index in [0.29, 0.717) is 5.02 Å². The highest BCUT2D eigenvalue weighted by atomic mass is 35.5. The first-order valence-electron chi connectivity index (χ1n) is 6.04. The van der Waals surface area contributed by atoms with E-state index in [1.807, 2.05) is 0 Å². The Balaban J connectivity index is 2.37. The fourth-order valence-corrected chi connectivity index (χ4v) is 2.40. The van der Waals surface area contributed by atoms with Crippen LogP contribution in [0.4, 0.5) is 15.8 Å². The lowest BCUT2D eigenvalue weighted by atomic mass is 10.1. The summed E-state index contributed by atoms with van der Waals surface area (Å²) in [5.74, 6) is -0.726. The highest BCUT2D eigenvalue weighted by molar-refractivity contribution is 6.31. The Morgan fingerprint density at radius 2 is 1.90 bits per heavy atom. The van der Waals surface area contributed by atoms with Crippen LogP contribution in [-0.2, 0) is 0 Å². The van der Waals surface area contributed by atoms with Crippen LogP contribution in [0.2, 0.25) is 10.0 Å². The van der Waals surface area contributed by atoms with Crippen molar-refractivity contribution in [3.8, 4) is 0 Å². The molecule has 7 heteroatoms. The molecule has 0 aromatic heterocycles. The Morgan fingerprint density at radius 1 is 1.24 bits per heavy atom. The van der Waals surface area contributed by atoms with Crippen LogP contribution in [0.15, 0.2) is 36.4 Å². The minimum Gasteiger partial charge on any atom is -0.373 e. The van der Waals surface area contributed by atoms with Crippen molar-refractivity contribution in [1.82, 2.24) is 0 Å². The molecular formula is C14H11Cl2FN2O2. The standard InChI is InChI=1S/C14H11Cl2FN2O2/c1-8(9-4-2-3-5-10(9)15)18-13-7-12(17)11(16)6-14(13)19(20)21/h2-8,18H,1H3. The molecule has 0 amide bonds. The average molecular weight is 329 g/mol. The SMILES string of the molecule is CC(Nc1cc(F)c(Cl)cc1[N+](=O)[O-])c1ccccc1Cl. The Kier molecular flexibility index (Phi) is 4.65. The number of nitrogens with one attached hydrogen (secondary N) is 1. The molecule has 0 aliphatic rings. The quantitative estimate of drug-likeness (QED) is 0.618. The van der Waals surface area contributed by atoms with Gasteiger partial charge in [0.15, 0.2) is 0 Å². The van der Waals surface area contributed by atoms with Crippen LogP contribution in [0, 0.1) is 15.9 Å². The Labute approximate surface area is 130 Å². The van der Waals surface area contributed by atoms with Crippen molar-refractivity contribution in [3.05, 3.63) is 67.9 Å². The summed E-state index contributed by atoms with van der Waals surface area (Å²) in [4.78, 5) is 10.4. The normalized spacial score (nSPS) is 12.0. The minimum atomic E-state index is -0.726. The maximum atomic E-state index is 13.5. The molecule has 1 atom stereocenters. The van der Waals surface area contributed by atoms with Crippen LogP contribution in [0.3, 0.4) is 0 Å². The summed E-state index contributed by atoms with van der Waals surface area (Å²) in [5, 5.41) is 14.1. The number of nitrogens with zero attached hydrogens (tertiary/aromatic N) is 1. The van der Waals surface area contributed by atoms with E-state index in [1.165, 1.54) is 0 Å². The fourth-order valence-electron chi connectivity index (χ4n) is 1.94. The number of anilines is 1. The van der Waals surface area contributed by atoms with Crippen LogP contribution in [0.25, 0.3) is 0 Å². The highest BCUT2D eigenvalue weighted by Crippen LogP contribution is 2.33. The molecule has 21 heavy (non-hydrogen) atoms. The zero-order valence-corrected chi connectivity index (χ0v) is 12.5. The van der Waals surface area contributed by atoms with Gasteiger partial charge < -0.3 is 5.32 Å². The second-order valence-electron chi connectivity index (χ2n) is 4.43. The Hall–Kier alpha value is -1.85. The summed E-state index contributed by atoms with van der Waals surface area (Å²) in [7, 11) is 0. The van der Waals surface area contributed by atoms with E-state index in [4.69, 9.17) is 23.2 Å². The first kappa shape index (κ1) is 15.5. The molecule has 2 aromatic rings. The second kappa shape index (κ2) is 6.28. The van der Waals surface area contributed by atoms with Crippen LogP contribution < -0.4 is 5.32 Å². The number of nitro groups is 1. The van der Waals surface area contributed by atoms with E-state index in [9.17, 15) is 14.5 Å². The molecule has 0 radical (unpaired) electrons. The van der Waals surface area contributed by atoms with E-state index < -0.39 is 10.7 Å². The lowest BCUT2D eigenvalue weighted by Gasteiger charge is -2.17. The number of hydrogen-bond acceptors (Lipinski definition) is 3. The molecule has 0 saturated carbocycles. The lowest BCUT2D eigenvalue weighted by molar-refractivity contribution is -0.384.